The Hall–Kier alpha value is -3.02. The van der Waals surface area contributed by atoms with E-state index in [0.717, 1.165) is 34.1 Å². The van der Waals surface area contributed by atoms with Crippen molar-refractivity contribution in [2.75, 3.05) is 18.5 Å². The maximum Gasteiger partial charge on any atom is 0.162 e. The Kier molecular flexibility index (Phi) is 3.78. The SMILES string of the molecule is Cn1cc(CNc2cccc(-c3ccc4c(c3)OCCO4)n2)cn1. The van der Waals surface area contributed by atoms with Gasteiger partial charge in [-0.15, -0.1) is 0 Å². The Morgan fingerprint density at radius 1 is 1.12 bits per heavy atom. The molecule has 2 aromatic heterocycles. The molecular formula is C18H18N4O2. The molecule has 1 aliphatic heterocycles. The number of ether oxygens (including phenoxy) is 2. The van der Waals surface area contributed by atoms with Crippen LogP contribution >= 0.6 is 0 Å². The molecule has 3 aromatic rings. The molecule has 1 aliphatic rings. The summed E-state index contributed by atoms with van der Waals surface area (Å²) in [5, 5.41) is 7.49. The third kappa shape index (κ3) is 3.03. The van der Waals surface area contributed by atoms with Gasteiger partial charge in [-0.1, -0.05) is 6.07 Å². The highest BCUT2D eigenvalue weighted by Gasteiger charge is 2.13. The van der Waals surface area contributed by atoms with E-state index in [0.29, 0.717) is 19.8 Å². The molecule has 4 rings (SSSR count). The predicted molar refractivity (Wildman–Crippen MR) is 91.2 cm³/mol. The Bertz CT molecular complexity index is 860. The highest BCUT2D eigenvalue weighted by Crippen LogP contribution is 2.34. The summed E-state index contributed by atoms with van der Waals surface area (Å²) in [6.07, 6.45) is 3.83. The second-order valence-corrected chi connectivity index (χ2v) is 5.64. The van der Waals surface area contributed by atoms with E-state index < -0.39 is 0 Å². The lowest BCUT2D eigenvalue weighted by Crippen LogP contribution is -2.15. The lowest BCUT2D eigenvalue weighted by molar-refractivity contribution is 0.171. The van der Waals surface area contributed by atoms with Crippen LogP contribution < -0.4 is 14.8 Å². The van der Waals surface area contributed by atoms with Gasteiger partial charge in [0.2, 0.25) is 0 Å². The van der Waals surface area contributed by atoms with Gasteiger partial charge in [0.05, 0.1) is 11.9 Å². The minimum Gasteiger partial charge on any atom is -0.486 e. The molecule has 0 fully saturated rings. The number of fused-ring (bicyclic) bond motifs is 1. The van der Waals surface area contributed by atoms with Gasteiger partial charge in [-0.2, -0.15) is 5.10 Å². The van der Waals surface area contributed by atoms with Gasteiger partial charge < -0.3 is 14.8 Å². The number of aryl methyl sites for hydroxylation is 1. The second-order valence-electron chi connectivity index (χ2n) is 5.64. The fraction of sp³-hybridized carbons (Fsp3) is 0.222. The quantitative estimate of drug-likeness (QED) is 0.800. The van der Waals surface area contributed by atoms with E-state index in [9.17, 15) is 0 Å². The number of anilines is 1. The standard InChI is InChI=1S/C18H18N4O2/c1-22-12-13(11-20-22)10-19-18-4-2-3-15(21-18)14-5-6-16-17(9-14)24-8-7-23-16/h2-6,9,11-12H,7-8,10H2,1H3,(H,19,21). The van der Waals surface area contributed by atoms with Gasteiger partial charge in [-0.05, 0) is 30.3 Å². The van der Waals surface area contributed by atoms with E-state index in [-0.39, 0.29) is 0 Å². The van der Waals surface area contributed by atoms with Gasteiger partial charge in [-0.25, -0.2) is 4.98 Å². The molecule has 0 unspecified atom stereocenters. The number of nitrogens with zero attached hydrogens (tertiary/aromatic N) is 3. The van der Waals surface area contributed by atoms with Crippen molar-refractivity contribution in [2.24, 2.45) is 7.05 Å². The average molecular weight is 322 g/mol. The largest absolute Gasteiger partial charge is 0.486 e. The van der Waals surface area contributed by atoms with E-state index >= 15 is 0 Å². The molecule has 0 aliphatic carbocycles. The fourth-order valence-corrected chi connectivity index (χ4v) is 2.65. The van der Waals surface area contributed by atoms with Crippen molar-refractivity contribution < 1.29 is 9.47 Å². The first-order valence-electron chi connectivity index (χ1n) is 7.86. The van der Waals surface area contributed by atoms with Crippen molar-refractivity contribution in [1.29, 1.82) is 0 Å². The molecule has 1 aromatic carbocycles. The van der Waals surface area contributed by atoms with Gasteiger partial charge in [0.1, 0.15) is 19.0 Å². The molecule has 0 saturated heterocycles. The third-order valence-electron chi connectivity index (χ3n) is 3.82. The van der Waals surface area contributed by atoms with Crippen molar-refractivity contribution in [1.82, 2.24) is 14.8 Å². The molecule has 0 spiro atoms. The summed E-state index contributed by atoms with van der Waals surface area (Å²) in [6, 6.07) is 11.8. The topological polar surface area (TPSA) is 61.2 Å². The predicted octanol–water partition coefficient (Wildman–Crippen LogP) is 2.87. The van der Waals surface area contributed by atoms with Crippen LogP contribution in [-0.2, 0) is 13.6 Å². The minimum atomic E-state index is 0.580. The van der Waals surface area contributed by atoms with E-state index in [1.165, 1.54) is 0 Å². The summed E-state index contributed by atoms with van der Waals surface area (Å²) in [5.41, 5.74) is 3.01. The van der Waals surface area contributed by atoms with Gasteiger partial charge >= 0.3 is 0 Å². The summed E-state index contributed by atoms with van der Waals surface area (Å²) >= 11 is 0. The second kappa shape index (κ2) is 6.23. The lowest BCUT2D eigenvalue weighted by atomic mass is 10.1. The van der Waals surface area contributed by atoms with Gasteiger partial charge in [0, 0.05) is 30.9 Å². The van der Waals surface area contributed by atoms with Crippen LogP contribution in [0.25, 0.3) is 11.3 Å². The molecular weight excluding hydrogens is 304 g/mol. The molecule has 3 heterocycles. The molecule has 122 valence electrons. The minimum absolute atomic E-state index is 0.580. The number of benzene rings is 1. The molecule has 6 nitrogen and oxygen atoms in total. The van der Waals surface area contributed by atoms with Gasteiger partial charge in [0.25, 0.3) is 0 Å². The lowest BCUT2D eigenvalue weighted by Gasteiger charge is -2.18. The summed E-state index contributed by atoms with van der Waals surface area (Å²) in [5.74, 6) is 2.39. The summed E-state index contributed by atoms with van der Waals surface area (Å²) in [7, 11) is 1.91. The van der Waals surface area contributed by atoms with Crippen LogP contribution in [0.3, 0.4) is 0 Å². The molecule has 0 amide bonds. The van der Waals surface area contributed by atoms with E-state index in [1.807, 2.05) is 55.8 Å². The zero-order chi connectivity index (χ0) is 16.4. The molecule has 0 radical (unpaired) electrons. The van der Waals surface area contributed by atoms with Gasteiger partial charge in [0.15, 0.2) is 11.5 Å². The van der Waals surface area contributed by atoms with E-state index in [1.54, 1.807) is 4.68 Å². The number of hydrogen-bond acceptors (Lipinski definition) is 5. The molecule has 6 heteroatoms. The highest BCUT2D eigenvalue weighted by molar-refractivity contribution is 5.65. The average Bonchev–Trinajstić information content (AvgIpc) is 3.05. The molecule has 0 atom stereocenters. The van der Waals surface area contributed by atoms with Crippen molar-refractivity contribution >= 4 is 5.82 Å². The van der Waals surface area contributed by atoms with Crippen molar-refractivity contribution in [2.45, 2.75) is 6.54 Å². The number of aromatic nitrogens is 3. The summed E-state index contributed by atoms with van der Waals surface area (Å²) in [6.45, 7) is 1.86. The normalized spacial score (nSPS) is 12.9. The first-order valence-corrected chi connectivity index (χ1v) is 7.86. The first kappa shape index (κ1) is 14.6. The number of hydrogen-bond donors (Lipinski definition) is 1. The molecule has 0 bridgehead atoms. The number of rotatable bonds is 4. The third-order valence-corrected chi connectivity index (χ3v) is 3.82. The smallest absolute Gasteiger partial charge is 0.162 e. The maximum atomic E-state index is 5.65. The highest BCUT2D eigenvalue weighted by atomic mass is 16.6. The Morgan fingerprint density at radius 2 is 2.00 bits per heavy atom. The maximum absolute atomic E-state index is 5.65. The molecule has 1 N–H and O–H groups in total. The van der Waals surface area contributed by atoms with E-state index in [4.69, 9.17) is 9.47 Å². The zero-order valence-corrected chi connectivity index (χ0v) is 13.4. The Morgan fingerprint density at radius 3 is 2.83 bits per heavy atom. The van der Waals surface area contributed by atoms with Crippen LogP contribution in [0.2, 0.25) is 0 Å². The fourth-order valence-electron chi connectivity index (χ4n) is 2.65. The monoisotopic (exact) mass is 322 g/mol. The Balaban J connectivity index is 1.53. The van der Waals surface area contributed by atoms with Crippen LogP contribution in [0.15, 0.2) is 48.8 Å². The van der Waals surface area contributed by atoms with Crippen LogP contribution in [0.5, 0.6) is 11.5 Å². The van der Waals surface area contributed by atoms with Crippen LogP contribution in [0.4, 0.5) is 5.82 Å². The van der Waals surface area contributed by atoms with Crippen molar-refractivity contribution in [3.05, 3.63) is 54.4 Å². The van der Waals surface area contributed by atoms with Gasteiger partial charge in [-0.3, -0.25) is 4.68 Å². The zero-order valence-electron chi connectivity index (χ0n) is 13.4. The number of nitrogens with one attached hydrogen (secondary N) is 1. The summed E-state index contributed by atoms with van der Waals surface area (Å²) < 4.78 is 13.0. The van der Waals surface area contributed by atoms with E-state index in [2.05, 4.69) is 15.4 Å². The van der Waals surface area contributed by atoms with Crippen molar-refractivity contribution in [3.63, 3.8) is 0 Å². The van der Waals surface area contributed by atoms with Crippen LogP contribution in [0, 0.1) is 0 Å². The number of pyridine rings is 1. The molecule has 24 heavy (non-hydrogen) atoms. The Labute approximate surface area is 140 Å². The van der Waals surface area contributed by atoms with Crippen LogP contribution in [-0.4, -0.2) is 28.0 Å². The summed E-state index contributed by atoms with van der Waals surface area (Å²) in [4.78, 5) is 4.68. The first-order chi connectivity index (χ1) is 11.8. The van der Waals surface area contributed by atoms with Crippen LogP contribution in [0.1, 0.15) is 5.56 Å². The molecule has 0 saturated carbocycles. The van der Waals surface area contributed by atoms with Crippen molar-refractivity contribution in [3.8, 4) is 22.8 Å².